The summed E-state index contributed by atoms with van der Waals surface area (Å²) in [6, 6.07) is 22.8. The second-order valence-electron chi connectivity index (χ2n) is 8.86. The molecule has 8 nitrogen and oxygen atoms in total. The van der Waals surface area contributed by atoms with Crippen molar-refractivity contribution in [2.24, 2.45) is 0 Å². The van der Waals surface area contributed by atoms with Gasteiger partial charge in [-0.15, -0.1) is 0 Å². The summed E-state index contributed by atoms with van der Waals surface area (Å²) in [4.78, 5) is 19.8. The summed E-state index contributed by atoms with van der Waals surface area (Å²) in [6.07, 6.45) is 0. The van der Waals surface area contributed by atoms with Crippen molar-refractivity contribution in [3.05, 3.63) is 101 Å². The summed E-state index contributed by atoms with van der Waals surface area (Å²) in [6.45, 7) is 4.49. The number of hydrogen-bond donors (Lipinski definition) is 1. The average molecular weight is 481 g/mol. The number of benzene rings is 3. The minimum atomic E-state index is -0.435. The molecular formula is C28H24N4O4. The molecule has 0 aliphatic carbocycles. The molecule has 1 N–H and O–H groups in total. The number of carbonyl (C=O) groups is 1. The molecule has 1 atom stereocenters. The quantitative estimate of drug-likeness (QED) is 0.407. The van der Waals surface area contributed by atoms with E-state index in [1.54, 1.807) is 4.90 Å². The molecule has 0 fully saturated rings. The van der Waals surface area contributed by atoms with E-state index in [9.17, 15) is 4.79 Å². The fourth-order valence-corrected chi connectivity index (χ4v) is 4.52. The lowest BCUT2D eigenvalue weighted by Crippen LogP contribution is -2.45. The summed E-state index contributed by atoms with van der Waals surface area (Å²) < 4.78 is 16.7. The SMILES string of the molecule is CC1=C(c2nc(-c3ccccc3)no2)C(c2ccc(C)cc2)NC(=O)N1Cc1ccc2c(c1)OCO2. The molecular weight excluding hydrogens is 456 g/mol. The van der Waals surface area contributed by atoms with Crippen LogP contribution in [-0.2, 0) is 6.54 Å². The van der Waals surface area contributed by atoms with Crippen LogP contribution in [-0.4, -0.2) is 27.9 Å². The van der Waals surface area contributed by atoms with Gasteiger partial charge in [0.2, 0.25) is 12.6 Å². The van der Waals surface area contributed by atoms with Gasteiger partial charge in [-0.05, 0) is 37.1 Å². The summed E-state index contributed by atoms with van der Waals surface area (Å²) in [7, 11) is 0. The number of amides is 2. The van der Waals surface area contributed by atoms with Gasteiger partial charge in [-0.1, -0.05) is 71.4 Å². The Morgan fingerprint density at radius 3 is 2.56 bits per heavy atom. The van der Waals surface area contributed by atoms with Crippen LogP contribution in [0.4, 0.5) is 4.79 Å². The van der Waals surface area contributed by atoms with Gasteiger partial charge in [-0.25, -0.2) is 4.79 Å². The standard InChI is InChI=1S/C28H24N4O4/c1-17-8-11-20(12-9-17)25-24(27-30-26(31-36-27)21-6-4-3-5-7-21)18(2)32(28(33)29-25)15-19-10-13-22-23(14-19)35-16-34-22/h3-14,25H,15-16H2,1-2H3,(H,29,33). The van der Waals surface area contributed by atoms with Crippen LogP contribution >= 0.6 is 0 Å². The van der Waals surface area contributed by atoms with E-state index in [4.69, 9.17) is 19.0 Å². The number of aryl methyl sites for hydroxylation is 1. The number of nitrogens with one attached hydrogen (secondary N) is 1. The number of aromatic nitrogens is 2. The minimum absolute atomic E-state index is 0.200. The third kappa shape index (κ3) is 3.96. The van der Waals surface area contributed by atoms with Crippen molar-refractivity contribution in [2.45, 2.75) is 26.4 Å². The topological polar surface area (TPSA) is 89.7 Å². The lowest BCUT2D eigenvalue weighted by molar-refractivity contribution is 0.174. The van der Waals surface area contributed by atoms with Crippen LogP contribution in [0.25, 0.3) is 17.0 Å². The highest BCUT2D eigenvalue weighted by Gasteiger charge is 2.36. The van der Waals surface area contributed by atoms with Crippen molar-refractivity contribution in [2.75, 3.05) is 6.79 Å². The Hall–Kier alpha value is -4.59. The molecule has 0 saturated heterocycles. The van der Waals surface area contributed by atoms with E-state index in [-0.39, 0.29) is 12.8 Å². The number of carbonyl (C=O) groups excluding carboxylic acids is 1. The molecule has 2 aliphatic rings. The predicted octanol–water partition coefficient (Wildman–Crippen LogP) is 5.47. The highest BCUT2D eigenvalue weighted by molar-refractivity contribution is 5.87. The van der Waals surface area contributed by atoms with E-state index in [0.717, 1.165) is 33.5 Å². The summed E-state index contributed by atoms with van der Waals surface area (Å²) in [5, 5.41) is 7.37. The van der Waals surface area contributed by atoms with Crippen molar-refractivity contribution >= 4 is 11.6 Å². The zero-order chi connectivity index (χ0) is 24.6. The number of urea groups is 1. The van der Waals surface area contributed by atoms with Crippen LogP contribution in [0, 0.1) is 6.92 Å². The third-order valence-electron chi connectivity index (χ3n) is 6.47. The highest BCUT2D eigenvalue weighted by Crippen LogP contribution is 2.39. The third-order valence-corrected chi connectivity index (χ3v) is 6.47. The lowest BCUT2D eigenvalue weighted by atomic mass is 9.94. The fourth-order valence-electron chi connectivity index (χ4n) is 4.52. The van der Waals surface area contributed by atoms with Crippen molar-refractivity contribution in [3.63, 3.8) is 0 Å². The molecule has 0 saturated carbocycles. The molecule has 6 rings (SSSR count). The van der Waals surface area contributed by atoms with Crippen LogP contribution in [0.2, 0.25) is 0 Å². The summed E-state index contributed by atoms with van der Waals surface area (Å²) in [5.74, 6) is 2.24. The predicted molar refractivity (Wildman–Crippen MR) is 133 cm³/mol. The van der Waals surface area contributed by atoms with E-state index in [2.05, 4.69) is 10.5 Å². The van der Waals surface area contributed by atoms with Gasteiger partial charge < -0.3 is 19.3 Å². The van der Waals surface area contributed by atoms with Crippen LogP contribution < -0.4 is 14.8 Å². The van der Waals surface area contributed by atoms with Gasteiger partial charge in [0.1, 0.15) is 0 Å². The monoisotopic (exact) mass is 480 g/mol. The summed E-state index contributed by atoms with van der Waals surface area (Å²) in [5.41, 5.74) is 5.34. The molecule has 2 aliphatic heterocycles. The van der Waals surface area contributed by atoms with Crippen LogP contribution in [0.1, 0.15) is 35.5 Å². The van der Waals surface area contributed by atoms with Gasteiger partial charge in [0.25, 0.3) is 5.89 Å². The second kappa shape index (κ2) is 8.88. The first kappa shape index (κ1) is 21.9. The number of nitrogens with zero attached hydrogens (tertiary/aromatic N) is 3. The average Bonchev–Trinajstić information content (AvgIpc) is 3.57. The van der Waals surface area contributed by atoms with Crippen molar-refractivity contribution in [3.8, 4) is 22.9 Å². The van der Waals surface area contributed by atoms with Gasteiger partial charge in [-0.2, -0.15) is 4.98 Å². The first-order chi connectivity index (χ1) is 17.6. The number of rotatable bonds is 5. The van der Waals surface area contributed by atoms with Crippen molar-refractivity contribution in [1.82, 2.24) is 20.4 Å². The Morgan fingerprint density at radius 1 is 0.972 bits per heavy atom. The minimum Gasteiger partial charge on any atom is -0.454 e. The number of hydrogen-bond acceptors (Lipinski definition) is 6. The number of ether oxygens (including phenoxy) is 2. The maximum atomic E-state index is 13.4. The molecule has 1 aromatic heterocycles. The van der Waals surface area contributed by atoms with E-state index >= 15 is 0 Å². The Morgan fingerprint density at radius 2 is 1.75 bits per heavy atom. The maximum absolute atomic E-state index is 13.4. The van der Waals surface area contributed by atoms with Gasteiger partial charge in [0, 0.05) is 11.3 Å². The van der Waals surface area contributed by atoms with E-state index in [1.807, 2.05) is 86.6 Å². The molecule has 180 valence electrons. The largest absolute Gasteiger partial charge is 0.454 e. The van der Waals surface area contributed by atoms with E-state index < -0.39 is 6.04 Å². The fraction of sp³-hybridized carbons (Fsp3) is 0.179. The van der Waals surface area contributed by atoms with Crippen molar-refractivity contribution < 1.29 is 18.8 Å². The van der Waals surface area contributed by atoms with Crippen molar-refractivity contribution in [1.29, 1.82) is 0 Å². The van der Waals surface area contributed by atoms with Gasteiger partial charge >= 0.3 is 6.03 Å². The molecule has 3 heterocycles. The van der Waals surface area contributed by atoms with Gasteiger partial charge in [-0.3, -0.25) is 4.90 Å². The smallest absolute Gasteiger partial charge is 0.322 e. The Kier molecular flexibility index (Phi) is 5.41. The van der Waals surface area contributed by atoms with Crippen LogP contribution in [0.3, 0.4) is 0 Å². The first-order valence-corrected chi connectivity index (χ1v) is 11.7. The maximum Gasteiger partial charge on any atom is 0.322 e. The van der Waals surface area contributed by atoms with Gasteiger partial charge in [0.05, 0.1) is 18.2 Å². The van der Waals surface area contributed by atoms with Gasteiger partial charge in [0.15, 0.2) is 11.5 Å². The Labute approximate surface area is 208 Å². The van der Waals surface area contributed by atoms with Crippen LogP contribution in [0.15, 0.2) is 83.0 Å². The molecule has 0 bridgehead atoms. The number of fused-ring (bicyclic) bond motifs is 1. The van der Waals surface area contributed by atoms with E-state index in [0.29, 0.717) is 29.8 Å². The molecule has 4 aromatic rings. The van der Waals surface area contributed by atoms with E-state index in [1.165, 1.54) is 0 Å². The Bertz CT molecular complexity index is 1460. The highest BCUT2D eigenvalue weighted by atomic mass is 16.7. The lowest BCUT2D eigenvalue weighted by Gasteiger charge is -2.35. The molecule has 36 heavy (non-hydrogen) atoms. The zero-order valence-corrected chi connectivity index (χ0v) is 19.9. The zero-order valence-electron chi connectivity index (χ0n) is 19.9. The molecule has 0 spiro atoms. The molecule has 8 heteroatoms. The molecule has 3 aromatic carbocycles. The summed E-state index contributed by atoms with van der Waals surface area (Å²) >= 11 is 0. The second-order valence-corrected chi connectivity index (χ2v) is 8.86. The molecule has 0 radical (unpaired) electrons. The first-order valence-electron chi connectivity index (χ1n) is 11.7. The Balaban J connectivity index is 1.42. The van der Waals surface area contributed by atoms with Crippen LogP contribution in [0.5, 0.6) is 11.5 Å². The molecule has 2 amide bonds. The number of allylic oxidation sites excluding steroid dienone is 1. The molecule has 1 unspecified atom stereocenters. The normalized spacial score (nSPS) is 16.9.